The summed E-state index contributed by atoms with van der Waals surface area (Å²) in [6.07, 6.45) is 38.1. The van der Waals surface area contributed by atoms with E-state index in [2.05, 4.69) is 74.3 Å². The zero-order valence-corrected chi connectivity index (χ0v) is 49.9. The van der Waals surface area contributed by atoms with Crippen molar-refractivity contribution in [2.45, 2.75) is 300 Å². The zero-order chi connectivity index (χ0) is 54.4. The third-order valence-corrected chi connectivity index (χ3v) is 11.8. The molecule has 14 nitrogen and oxygen atoms in total. The van der Waals surface area contributed by atoms with Gasteiger partial charge in [0.25, 0.3) is 0 Å². The maximum Gasteiger partial charge on any atom is 0.308 e. The minimum Gasteiger partial charge on any atom is -1.00 e. The van der Waals surface area contributed by atoms with Gasteiger partial charge in [0, 0.05) is 77.0 Å². The molecule has 0 aromatic carbocycles. The third kappa shape index (κ3) is 68.9. The molecule has 77 heavy (non-hydrogen) atoms. The fraction of sp³-hybridized carbons (Fsp3) is 0.836. The summed E-state index contributed by atoms with van der Waals surface area (Å²) in [6, 6.07) is 0.723. The quantitative estimate of drug-likeness (QED) is 0.0194. The van der Waals surface area contributed by atoms with Crippen LogP contribution in [0.3, 0.4) is 0 Å². The Morgan fingerprint density at radius 2 is 0.740 bits per heavy atom. The van der Waals surface area contributed by atoms with Gasteiger partial charge in [0.05, 0.1) is 0 Å². The number of hydrogen-bond donors (Lipinski definition) is 2. The highest BCUT2D eigenvalue weighted by Gasteiger charge is 2.16. The van der Waals surface area contributed by atoms with Gasteiger partial charge in [0.15, 0.2) is 0 Å². The second-order valence-electron chi connectivity index (χ2n) is 19.8. The first-order valence-corrected chi connectivity index (χ1v) is 29.0. The molecule has 0 spiro atoms. The van der Waals surface area contributed by atoms with Gasteiger partial charge in [-0.3, -0.25) is 28.8 Å². The minimum absolute atomic E-state index is 0. The van der Waals surface area contributed by atoms with Crippen LogP contribution in [0.5, 0.6) is 0 Å². The van der Waals surface area contributed by atoms with Gasteiger partial charge in [-0.15, -0.1) is 0 Å². The van der Waals surface area contributed by atoms with Gasteiger partial charge in [-0.05, 0) is 70.6 Å². The highest BCUT2D eigenvalue weighted by molar-refractivity contribution is 5.73. The van der Waals surface area contributed by atoms with Crippen LogP contribution in [0.4, 0.5) is 0 Å². The number of rotatable bonds is 49. The minimum atomic E-state index is -0.470. The number of unbranched alkanes of at least 4 members (excludes halogenated alkanes) is 17. The van der Waals surface area contributed by atoms with Crippen LogP contribution >= 0.6 is 0 Å². The lowest BCUT2D eigenvalue weighted by Crippen LogP contribution is -3.00. The maximum absolute atomic E-state index is 12.4. The molecule has 0 saturated heterocycles. The molecular weight excluding hydrogens is 1020 g/mol. The Hall–Kier alpha value is -3.20. The third-order valence-electron chi connectivity index (χ3n) is 11.8. The molecule has 0 rings (SSSR count). The highest BCUT2D eigenvalue weighted by Crippen LogP contribution is 2.17. The molecule has 0 heterocycles. The van der Waals surface area contributed by atoms with Crippen molar-refractivity contribution in [1.82, 2.24) is 10.6 Å². The van der Waals surface area contributed by atoms with Crippen molar-refractivity contribution in [3.05, 3.63) is 24.3 Å². The van der Waals surface area contributed by atoms with E-state index in [1.54, 1.807) is 0 Å². The van der Waals surface area contributed by atoms with Crippen LogP contribution in [0.25, 0.3) is 0 Å². The summed E-state index contributed by atoms with van der Waals surface area (Å²) in [5.41, 5.74) is 0. The standard InChI is InChI=1S/C31H55NO8.C28H53NO4.2CH4.2ClH/c1-5-6-7-14-18-28(40-31(36)22-17-21-29(34)37-24-23-32-26(2)3)19-15-12-10-8-9-11-13-16-20-30(35)39-25-38-27(4)33;1-5-7-9-11-12-13-14-15-17-20-26(19-16-10-8-6-2)33-28(31)22-18-21-27(30)32-24-23-29-25(3)4;;;;/h12,15,26,28,32H,5-11,13-14,16-25H2,1-4H3;15,17,25-26,29H,5-14,16,18-24H2,1-4H3;2*1H4;2*1H/p-2/b15-12-;17-15-;;;;. The van der Waals surface area contributed by atoms with Crippen LogP contribution in [0, 0.1) is 0 Å². The molecule has 0 aliphatic rings. The second kappa shape index (κ2) is 65.3. The predicted molar refractivity (Wildman–Crippen MR) is 307 cm³/mol. The molecule has 16 heteroatoms. The van der Waals surface area contributed by atoms with E-state index in [0.29, 0.717) is 64.1 Å². The van der Waals surface area contributed by atoms with Crippen LogP contribution in [0.2, 0.25) is 0 Å². The molecule has 0 aliphatic heterocycles. The number of carbonyl (C=O) groups excluding carboxylic acids is 6. The Labute approximate surface area is 483 Å². The average Bonchev–Trinajstić information content (AvgIpc) is 3.34. The smallest absolute Gasteiger partial charge is 0.308 e. The molecule has 0 bridgehead atoms. The molecule has 2 N–H and O–H groups in total. The van der Waals surface area contributed by atoms with Crippen molar-refractivity contribution in [1.29, 1.82) is 0 Å². The van der Waals surface area contributed by atoms with E-state index in [0.717, 1.165) is 89.9 Å². The molecule has 0 aliphatic carbocycles. The van der Waals surface area contributed by atoms with Crippen LogP contribution < -0.4 is 35.4 Å². The fourth-order valence-corrected chi connectivity index (χ4v) is 7.55. The molecule has 2 atom stereocenters. The predicted octanol–water partition coefficient (Wildman–Crippen LogP) is 8.88. The van der Waals surface area contributed by atoms with Crippen molar-refractivity contribution >= 4 is 35.8 Å². The Morgan fingerprint density at radius 1 is 0.403 bits per heavy atom. The largest absolute Gasteiger partial charge is 1.00 e. The maximum atomic E-state index is 12.4. The SMILES string of the molecule is C.C.CCCCCCC(C/C=C\CCCCCCCC(=O)OCOC(C)=O)OC(=O)CCCC(=O)OCCNC(C)C.CCCCCCCC/C=C\CC(CCCCCC)OC(=O)CCCC(=O)OCCNC(C)C.[Cl-].[Cl-]. The van der Waals surface area contributed by atoms with Crippen LogP contribution in [0.1, 0.15) is 276 Å². The Bertz CT molecular complexity index is 1420. The molecule has 0 fully saturated rings. The number of nitrogens with one attached hydrogen (secondary N) is 2. The molecular formula is C61H116Cl2N2O12-2. The summed E-state index contributed by atoms with van der Waals surface area (Å²) < 4.78 is 31.3. The molecule has 0 amide bonds. The van der Waals surface area contributed by atoms with Crippen LogP contribution in [-0.4, -0.2) is 93.2 Å². The van der Waals surface area contributed by atoms with E-state index in [9.17, 15) is 28.8 Å². The monoisotopic (exact) mass is 1140 g/mol. The number of esters is 6. The van der Waals surface area contributed by atoms with Crippen molar-refractivity contribution < 1.29 is 82.0 Å². The normalized spacial score (nSPS) is 11.5. The molecule has 2 unspecified atom stereocenters. The topological polar surface area (TPSA) is 182 Å². The van der Waals surface area contributed by atoms with Gasteiger partial charge in [-0.2, -0.15) is 0 Å². The van der Waals surface area contributed by atoms with E-state index >= 15 is 0 Å². The summed E-state index contributed by atoms with van der Waals surface area (Å²) in [5.74, 6) is -1.80. The Balaban J connectivity index is -0.000000316. The average molecular weight is 1140 g/mol. The Morgan fingerprint density at radius 3 is 1.13 bits per heavy atom. The van der Waals surface area contributed by atoms with Gasteiger partial charge in [0.1, 0.15) is 25.4 Å². The summed E-state index contributed by atoms with van der Waals surface area (Å²) in [6.45, 7) is 17.7. The van der Waals surface area contributed by atoms with Crippen LogP contribution in [-0.2, 0) is 57.2 Å². The van der Waals surface area contributed by atoms with E-state index in [4.69, 9.17) is 23.7 Å². The van der Waals surface area contributed by atoms with Crippen LogP contribution in [0.15, 0.2) is 24.3 Å². The molecule has 0 aromatic rings. The second-order valence-corrected chi connectivity index (χ2v) is 19.8. The number of hydrogen-bond acceptors (Lipinski definition) is 14. The molecule has 0 saturated carbocycles. The summed E-state index contributed by atoms with van der Waals surface area (Å²) in [4.78, 5) is 70.5. The number of carbonyl (C=O) groups is 6. The summed E-state index contributed by atoms with van der Waals surface area (Å²) >= 11 is 0. The van der Waals surface area contributed by atoms with Gasteiger partial charge in [0.2, 0.25) is 6.79 Å². The van der Waals surface area contributed by atoms with Crippen molar-refractivity contribution in [3.8, 4) is 0 Å². The molecule has 0 radical (unpaired) electrons. The first-order chi connectivity index (χ1) is 35.2. The number of allylic oxidation sites excluding steroid dienone is 2. The van der Waals surface area contributed by atoms with E-state index < -0.39 is 5.97 Å². The van der Waals surface area contributed by atoms with E-state index in [-0.39, 0.29) is 114 Å². The number of halogens is 2. The van der Waals surface area contributed by atoms with Gasteiger partial charge >= 0.3 is 35.8 Å². The highest BCUT2D eigenvalue weighted by atomic mass is 35.5. The van der Waals surface area contributed by atoms with Crippen molar-refractivity contribution in [2.75, 3.05) is 33.1 Å². The van der Waals surface area contributed by atoms with E-state index in [1.165, 1.54) is 71.1 Å². The fourth-order valence-electron chi connectivity index (χ4n) is 7.55. The molecule has 458 valence electrons. The summed E-state index contributed by atoms with van der Waals surface area (Å²) in [7, 11) is 0. The van der Waals surface area contributed by atoms with Gasteiger partial charge in [-0.1, -0.05) is 178 Å². The zero-order valence-electron chi connectivity index (χ0n) is 48.4. The Kier molecular flexibility index (Phi) is 72.2. The first kappa shape index (κ1) is 85.1. The van der Waals surface area contributed by atoms with Crippen molar-refractivity contribution in [3.63, 3.8) is 0 Å². The van der Waals surface area contributed by atoms with Crippen molar-refractivity contribution in [2.24, 2.45) is 0 Å². The lowest BCUT2D eigenvalue weighted by atomic mass is 10.1. The lowest BCUT2D eigenvalue weighted by Gasteiger charge is -2.16. The summed E-state index contributed by atoms with van der Waals surface area (Å²) in [5, 5.41) is 6.39. The lowest BCUT2D eigenvalue weighted by molar-refractivity contribution is -0.166. The van der Waals surface area contributed by atoms with Gasteiger partial charge in [-0.25, -0.2) is 0 Å². The first-order valence-electron chi connectivity index (χ1n) is 29.0. The molecule has 0 aromatic heterocycles. The van der Waals surface area contributed by atoms with E-state index in [1.807, 2.05) is 13.8 Å². The number of ether oxygens (including phenoxy) is 6. The van der Waals surface area contributed by atoms with Gasteiger partial charge < -0.3 is 63.9 Å².